The fourth-order valence-electron chi connectivity index (χ4n) is 0.940. The summed E-state index contributed by atoms with van der Waals surface area (Å²) in [5.41, 5.74) is 0. The smallest absolute Gasteiger partial charge is 0.247 e. The molecule has 0 amide bonds. The van der Waals surface area contributed by atoms with E-state index in [0.29, 0.717) is 5.92 Å². The van der Waals surface area contributed by atoms with E-state index in [-0.39, 0.29) is 12.7 Å². The maximum Gasteiger partial charge on any atom is 0.247 e. The first-order chi connectivity index (χ1) is 5.02. The molecule has 0 fully saturated rings. The van der Waals surface area contributed by atoms with Crippen LogP contribution >= 0.6 is 11.6 Å². The van der Waals surface area contributed by atoms with Crippen molar-refractivity contribution in [2.75, 3.05) is 6.61 Å². The van der Waals surface area contributed by atoms with Crippen LogP contribution in [0.4, 0.5) is 0 Å². The second kappa shape index (κ2) is 5.56. The molecule has 0 aromatic rings. The Morgan fingerprint density at radius 3 is 2.36 bits per heavy atom. The van der Waals surface area contributed by atoms with Crippen LogP contribution in [0.5, 0.6) is 0 Å². The Morgan fingerprint density at radius 2 is 2.00 bits per heavy atom. The van der Waals surface area contributed by atoms with Crippen molar-refractivity contribution < 1.29 is 9.53 Å². The molecule has 0 rings (SSSR count). The minimum atomic E-state index is -0.430. The van der Waals surface area contributed by atoms with Crippen LogP contribution in [0.2, 0.25) is 0 Å². The van der Waals surface area contributed by atoms with E-state index in [1.807, 2.05) is 6.92 Å². The third-order valence-electron chi connectivity index (χ3n) is 1.28. The van der Waals surface area contributed by atoms with E-state index >= 15 is 0 Å². The molecule has 0 spiro atoms. The first-order valence-electron chi connectivity index (χ1n) is 3.82. The molecule has 0 aliphatic carbocycles. The van der Waals surface area contributed by atoms with Gasteiger partial charge in [-0.3, -0.25) is 4.79 Å². The molecule has 66 valence electrons. The molecule has 0 heterocycles. The van der Waals surface area contributed by atoms with Crippen LogP contribution in [-0.4, -0.2) is 18.0 Å². The van der Waals surface area contributed by atoms with Crippen LogP contribution in [-0.2, 0) is 9.53 Å². The summed E-state index contributed by atoms with van der Waals surface area (Å²) in [5.74, 6) is 0.593. The van der Waals surface area contributed by atoms with Gasteiger partial charge in [-0.15, -0.1) is 0 Å². The molecule has 0 bridgehead atoms. The van der Waals surface area contributed by atoms with Gasteiger partial charge in [0.15, 0.2) is 0 Å². The van der Waals surface area contributed by atoms with E-state index in [2.05, 4.69) is 13.8 Å². The van der Waals surface area contributed by atoms with Crippen molar-refractivity contribution in [2.45, 2.75) is 33.3 Å². The molecule has 3 heteroatoms. The topological polar surface area (TPSA) is 26.3 Å². The summed E-state index contributed by atoms with van der Waals surface area (Å²) in [6, 6.07) is 0. The molecule has 1 atom stereocenters. The minimum absolute atomic E-state index is 0.0233. The van der Waals surface area contributed by atoms with Gasteiger partial charge in [0.2, 0.25) is 5.24 Å². The van der Waals surface area contributed by atoms with Gasteiger partial charge in [0, 0.05) is 0 Å². The Labute approximate surface area is 72.9 Å². The number of rotatable bonds is 5. The van der Waals surface area contributed by atoms with Crippen LogP contribution < -0.4 is 0 Å². The molecule has 0 aromatic heterocycles. The highest BCUT2D eigenvalue weighted by molar-refractivity contribution is 6.63. The predicted octanol–water partition coefficient (Wildman–Crippen LogP) is 2.20. The monoisotopic (exact) mass is 178 g/mol. The van der Waals surface area contributed by atoms with Crippen molar-refractivity contribution in [1.82, 2.24) is 0 Å². The van der Waals surface area contributed by atoms with Crippen LogP contribution in [0.25, 0.3) is 0 Å². The van der Waals surface area contributed by atoms with E-state index in [1.165, 1.54) is 0 Å². The van der Waals surface area contributed by atoms with Crippen molar-refractivity contribution in [3.05, 3.63) is 0 Å². The van der Waals surface area contributed by atoms with Crippen molar-refractivity contribution in [3.8, 4) is 0 Å². The highest BCUT2D eigenvalue weighted by Crippen LogP contribution is 2.07. The molecule has 0 saturated carbocycles. The summed E-state index contributed by atoms with van der Waals surface area (Å²) in [7, 11) is 0. The Hall–Kier alpha value is -0.0800. The number of carbonyl (C=O) groups is 1. The van der Waals surface area contributed by atoms with Crippen LogP contribution in [0.1, 0.15) is 27.2 Å². The van der Waals surface area contributed by atoms with E-state index in [4.69, 9.17) is 16.3 Å². The van der Waals surface area contributed by atoms with E-state index < -0.39 is 5.24 Å². The molecule has 11 heavy (non-hydrogen) atoms. The fourth-order valence-corrected chi connectivity index (χ4v) is 1.00. The molecule has 0 aliphatic heterocycles. The van der Waals surface area contributed by atoms with E-state index in [1.54, 1.807) is 0 Å². The number of hydrogen-bond donors (Lipinski definition) is 0. The quantitative estimate of drug-likeness (QED) is 0.604. The van der Waals surface area contributed by atoms with Crippen LogP contribution in [0.3, 0.4) is 0 Å². The molecular weight excluding hydrogens is 164 g/mol. The maximum atomic E-state index is 10.3. The maximum absolute atomic E-state index is 10.3. The summed E-state index contributed by atoms with van der Waals surface area (Å²) in [6.07, 6.45) is 1.09. The molecule has 2 nitrogen and oxygen atoms in total. The van der Waals surface area contributed by atoms with Gasteiger partial charge in [0.25, 0.3) is 0 Å². The zero-order valence-electron chi connectivity index (χ0n) is 7.26. The van der Waals surface area contributed by atoms with Gasteiger partial charge < -0.3 is 4.74 Å². The van der Waals surface area contributed by atoms with Gasteiger partial charge in [-0.25, -0.2) is 0 Å². The standard InChI is InChI=1S/C8H15ClO2/c1-6(2)4-7(3)11-5-8(9)10/h6-7H,4-5H2,1-3H3. The van der Waals surface area contributed by atoms with Crippen molar-refractivity contribution in [2.24, 2.45) is 5.92 Å². The normalized spacial score (nSPS) is 13.5. The molecule has 0 N–H and O–H groups in total. The summed E-state index contributed by atoms with van der Waals surface area (Å²) >= 11 is 5.09. The Bertz CT molecular complexity index is 123. The third-order valence-corrected chi connectivity index (χ3v) is 1.39. The largest absolute Gasteiger partial charge is 0.369 e. The zero-order valence-corrected chi connectivity index (χ0v) is 8.02. The minimum Gasteiger partial charge on any atom is -0.369 e. The molecule has 0 aromatic carbocycles. The zero-order chi connectivity index (χ0) is 8.85. The lowest BCUT2D eigenvalue weighted by Crippen LogP contribution is -2.14. The van der Waals surface area contributed by atoms with Gasteiger partial charge >= 0.3 is 0 Å². The number of ether oxygens (including phenoxy) is 1. The lowest BCUT2D eigenvalue weighted by molar-refractivity contribution is -0.117. The molecule has 0 saturated heterocycles. The number of hydrogen-bond acceptors (Lipinski definition) is 2. The third kappa shape index (κ3) is 7.82. The van der Waals surface area contributed by atoms with Crippen molar-refractivity contribution in [1.29, 1.82) is 0 Å². The van der Waals surface area contributed by atoms with E-state index in [0.717, 1.165) is 6.42 Å². The average molecular weight is 179 g/mol. The van der Waals surface area contributed by atoms with Gasteiger partial charge in [-0.2, -0.15) is 0 Å². The predicted molar refractivity (Wildman–Crippen MR) is 45.7 cm³/mol. The molecular formula is C8H15ClO2. The second-order valence-corrected chi connectivity index (χ2v) is 3.53. The summed E-state index contributed by atoms with van der Waals surface area (Å²) in [6.45, 7) is 6.19. The first kappa shape index (κ1) is 10.9. The van der Waals surface area contributed by atoms with Crippen LogP contribution in [0.15, 0.2) is 0 Å². The highest BCUT2D eigenvalue weighted by Gasteiger charge is 2.06. The lowest BCUT2D eigenvalue weighted by atomic mass is 10.1. The van der Waals surface area contributed by atoms with Gasteiger partial charge in [-0.1, -0.05) is 13.8 Å². The average Bonchev–Trinajstić information content (AvgIpc) is 1.82. The Balaban J connectivity index is 3.37. The molecule has 0 aliphatic rings. The Morgan fingerprint density at radius 1 is 1.45 bits per heavy atom. The van der Waals surface area contributed by atoms with E-state index in [9.17, 15) is 4.79 Å². The highest BCUT2D eigenvalue weighted by atomic mass is 35.5. The molecule has 0 radical (unpaired) electrons. The van der Waals surface area contributed by atoms with Gasteiger partial charge in [-0.05, 0) is 30.9 Å². The first-order valence-corrected chi connectivity index (χ1v) is 4.20. The van der Waals surface area contributed by atoms with Gasteiger partial charge in [0.1, 0.15) is 6.61 Å². The second-order valence-electron chi connectivity index (χ2n) is 3.11. The SMILES string of the molecule is CC(C)CC(C)OCC(=O)Cl. The molecule has 1 unspecified atom stereocenters. The lowest BCUT2D eigenvalue weighted by Gasteiger charge is -2.13. The van der Waals surface area contributed by atoms with Crippen LogP contribution in [0, 0.1) is 5.92 Å². The Kier molecular flexibility index (Phi) is 5.51. The van der Waals surface area contributed by atoms with Crippen molar-refractivity contribution in [3.63, 3.8) is 0 Å². The summed E-state index contributed by atoms with van der Waals surface area (Å²) in [5, 5.41) is -0.430. The summed E-state index contributed by atoms with van der Waals surface area (Å²) in [4.78, 5) is 10.3. The fraction of sp³-hybridized carbons (Fsp3) is 0.875. The van der Waals surface area contributed by atoms with Gasteiger partial charge in [0.05, 0.1) is 6.10 Å². The number of halogens is 1. The number of carbonyl (C=O) groups excluding carboxylic acids is 1. The van der Waals surface area contributed by atoms with Crippen molar-refractivity contribution >= 4 is 16.8 Å². The summed E-state index contributed by atoms with van der Waals surface area (Å²) < 4.78 is 5.13.